The summed E-state index contributed by atoms with van der Waals surface area (Å²) in [4.78, 5) is 21.9. The van der Waals surface area contributed by atoms with Crippen LogP contribution in [0.4, 0.5) is 11.4 Å². The number of nitrogens with one attached hydrogen (secondary N) is 1. The first-order valence-electron chi connectivity index (χ1n) is 7.18. The Balaban J connectivity index is 2.20. The maximum absolute atomic E-state index is 11.3. The Hall–Kier alpha value is -3.16. The van der Waals surface area contributed by atoms with Gasteiger partial charge in [0.25, 0.3) is 5.69 Å². The van der Waals surface area contributed by atoms with E-state index in [-0.39, 0.29) is 5.69 Å². The Morgan fingerprint density at radius 3 is 2.83 bits per heavy atom. The number of esters is 1. The molecule has 0 atom stereocenters. The third-order valence-electron chi connectivity index (χ3n) is 3.64. The van der Waals surface area contributed by atoms with Gasteiger partial charge < -0.3 is 10.1 Å². The fourth-order valence-corrected chi connectivity index (χ4v) is 2.09. The number of benzene rings is 1. The number of rotatable bonds is 6. The number of anilines is 1. The van der Waals surface area contributed by atoms with Gasteiger partial charge in [-0.05, 0) is 24.6 Å². The molecule has 126 valence electrons. The van der Waals surface area contributed by atoms with E-state index in [9.17, 15) is 14.9 Å². The number of hydrogen-bond acceptors (Lipinski definition) is 6. The number of hydrogen-bond donors (Lipinski definition) is 1. The first-order valence-corrected chi connectivity index (χ1v) is 7.18. The van der Waals surface area contributed by atoms with Gasteiger partial charge in [-0.3, -0.25) is 14.8 Å². The number of aryl methyl sites for hydroxylation is 1. The zero-order valence-corrected chi connectivity index (χ0v) is 13.6. The minimum atomic E-state index is -0.521. The largest absolute Gasteiger partial charge is 0.466 e. The lowest BCUT2D eigenvalue weighted by molar-refractivity contribution is -0.384. The van der Waals surface area contributed by atoms with Crippen LogP contribution < -0.4 is 5.32 Å². The summed E-state index contributed by atoms with van der Waals surface area (Å²) in [7, 11) is 3.10. The molecule has 0 fully saturated rings. The van der Waals surface area contributed by atoms with Crippen LogP contribution in [0.25, 0.3) is 6.08 Å². The van der Waals surface area contributed by atoms with Gasteiger partial charge in [0.1, 0.15) is 5.69 Å². The van der Waals surface area contributed by atoms with E-state index in [0.29, 0.717) is 17.8 Å². The molecular formula is C16H18N4O4. The van der Waals surface area contributed by atoms with Crippen molar-refractivity contribution < 1.29 is 14.5 Å². The molecule has 8 nitrogen and oxygen atoms in total. The molecule has 0 saturated carbocycles. The molecule has 2 aromatic rings. The van der Waals surface area contributed by atoms with Crippen LogP contribution in [0.3, 0.4) is 0 Å². The van der Waals surface area contributed by atoms with Crippen molar-refractivity contribution in [2.75, 3.05) is 12.4 Å². The highest BCUT2D eigenvalue weighted by Gasteiger charge is 2.14. The number of carbonyl (C=O) groups is 1. The summed E-state index contributed by atoms with van der Waals surface area (Å²) in [5, 5.41) is 18.5. The van der Waals surface area contributed by atoms with Crippen LogP contribution in [0.15, 0.2) is 30.5 Å². The van der Waals surface area contributed by atoms with Crippen LogP contribution in [-0.2, 0) is 23.1 Å². The van der Waals surface area contributed by atoms with Crippen LogP contribution in [0, 0.1) is 17.0 Å². The molecule has 0 unspecified atom stereocenters. The highest BCUT2D eigenvalue weighted by Crippen LogP contribution is 2.27. The van der Waals surface area contributed by atoms with E-state index in [1.165, 1.54) is 25.3 Å². The summed E-state index contributed by atoms with van der Waals surface area (Å²) < 4.78 is 6.24. The fraction of sp³-hybridized carbons (Fsp3) is 0.250. The highest BCUT2D eigenvalue weighted by molar-refractivity contribution is 5.87. The number of nitro benzene ring substituents is 1. The summed E-state index contributed by atoms with van der Waals surface area (Å²) in [5.74, 6) is -0.521. The number of ether oxygens (including phenoxy) is 1. The first kappa shape index (κ1) is 17.2. The number of carbonyl (C=O) groups excluding carboxylic acids is 1. The SMILES string of the molecule is COC(=O)/C=C/c1ccc(NCc2cnn(C)c2C)c([N+](=O)[O-])c1. The number of methoxy groups -OCH3 is 1. The molecule has 0 radical (unpaired) electrons. The molecule has 0 aliphatic carbocycles. The van der Waals surface area contributed by atoms with E-state index >= 15 is 0 Å². The summed E-state index contributed by atoms with van der Waals surface area (Å²) in [6.07, 6.45) is 4.40. The Morgan fingerprint density at radius 2 is 2.25 bits per heavy atom. The molecule has 0 aliphatic rings. The normalized spacial score (nSPS) is 10.8. The van der Waals surface area contributed by atoms with Gasteiger partial charge in [0, 0.05) is 37.0 Å². The van der Waals surface area contributed by atoms with Crippen LogP contribution in [0.5, 0.6) is 0 Å². The Morgan fingerprint density at radius 1 is 1.50 bits per heavy atom. The van der Waals surface area contributed by atoms with Crippen LogP contribution in [-0.4, -0.2) is 27.8 Å². The van der Waals surface area contributed by atoms with Crippen LogP contribution in [0.2, 0.25) is 0 Å². The van der Waals surface area contributed by atoms with E-state index in [0.717, 1.165) is 11.3 Å². The van der Waals surface area contributed by atoms with Crippen molar-refractivity contribution in [1.29, 1.82) is 0 Å². The van der Waals surface area contributed by atoms with Crippen molar-refractivity contribution in [2.45, 2.75) is 13.5 Å². The van der Waals surface area contributed by atoms with Gasteiger partial charge >= 0.3 is 5.97 Å². The summed E-state index contributed by atoms with van der Waals surface area (Å²) in [5.41, 5.74) is 2.82. The molecule has 1 aromatic heterocycles. The van der Waals surface area contributed by atoms with E-state index in [2.05, 4.69) is 15.2 Å². The standard InChI is InChI=1S/C16H18N4O4/c1-11-13(10-18-19(11)2)9-17-14-6-4-12(5-7-16(21)24-3)8-15(14)20(22)23/h4-8,10,17H,9H2,1-3H3/b7-5+. The average molecular weight is 330 g/mol. The van der Waals surface area contributed by atoms with Gasteiger partial charge in [-0.1, -0.05) is 6.07 Å². The predicted molar refractivity (Wildman–Crippen MR) is 89.4 cm³/mol. The van der Waals surface area contributed by atoms with E-state index in [1.54, 1.807) is 23.0 Å². The molecule has 1 heterocycles. The number of nitro groups is 1. The van der Waals surface area contributed by atoms with E-state index in [1.807, 2.05) is 14.0 Å². The monoisotopic (exact) mass is 330 g/mol. The highest BCUT2D eigenvalue weighted by atomic mass is 16.6. The van der Waals surface area contributed by atoms with Gasteiger partial charge in [0.15, 0.2) is 0 Å². The zero-order chi connectivity index (χ0) is 17.7. The smallest absolute Gasteiger partial charge is 0.330 e. The van der Waals surface area contributed by atoms with Gasteiger partial charge in [0.2, 0.25) is 0 Å². The lowest BCUT2D eigenvalue weighted by Crippen LogP contribution is -2.04. The van der Waals surface area contributed by atoms with Crippen molar-refractivity contribution in [3.63, 3.8) is 0 Å². The summed E-state index contributed by atoms with van der Waals surface area (Å²) in [6.45, 7) is 2.36. The van der Waals surface area contributed by atoms with Crippen molar-refractivity contribution in [1.82, 2.24) is 9.78 Å². The van der Waals surface area contributed by atoms with Gasteiger partial charge in [-0.2, -0.15) is 5.10 Å². The molecule has 0 amide bonds. The number of aromatic nitrogens is 2. The van der Waals surface area contributed by atoms with Gasteiger partial charge in [-0.15, -0.1) is 0 Å². The molecule has 0 saturated heterocycles. The molecule has 0 spiro atoms. The summed E-state index contributed by atoms with van der Waals surface area (Å²) >= 11 is 0. The van der Waals surface area contributed by atoms with Crippen molar-refractivity contribution in [3.8, 4) is 0 Å². The Kier molecular flexibility index (Phi) is 5.31. The lowest BCUT2D eigenvalue weighted by atomic mass is 10.1. The second kappa shape index (κ2) is 7.40. The van der Waals surface area contributed by atoms with Crippen LogP contribution in [0.1, 0.15) is 16.8 Å². The van der Waals surface area contributed by atoms with Crippen molar-refractivity contribution in [2.24, 2.45) is 7.05 Å². The second-order valence-electron chi connectivity index (χ2n) is 5.12. The molecule has 1 N–H and O–H groups in total. The number of nitrogens with zero attached hydrogens (tertiary/aromatic N) is 3. The molecule has 0 aliphatic heterocycles. The van der Waals surface area contributed by atoms with Gasteiger partial charge in [-0.25, -0.2) is 4.79 Å². The minimum Gasteiger partial charge on any atom is -0.466 e. The third-order valence-corrected chi connectivity index (χ3v) is 3.64. The van der Waals surface area contributed by atoms with Crippen LogP contribution >= 0.6 is 0 Å². The molecule has 0 bridgehead atoms. The molecule has 1 aromatic carbocycles. The van der Waals surface area contributed by atoms with E-state index in [4.69, 9.17) is 0 Å². The molecular weight excluding hydrogens is 312 g/mol. The molecule has 24 heavy (non-hydrogen) atoms. The minimum absolute atomic E-state index is 0.0661. The maximum Gasteiger partial charge on any atom is 0.330 e. The Labute approximate surface area is 138 Å². The molecule has 2 rings (SSSR count). The predicted octanol–water partition coefficient (Wildman–Crippen LogP) is 2.44. The van der Waals surface area contributed by atoms with Crippen molar-refractivity contribution >= 4 is 23.4 Å². The first-order chi connectivity index (χ1) is 11.4. The maximum atomic E-state index is 11.3. The lowest BCUT2D eigenvalue weighted by Gasteiger charge is -2.08. The topological polar surface area (TPSA) is 99.3 Å². The quantitative estimate of drug-likeness (QED) is 0.378. The van der Waals surface area contributed by atoms with Crippen molar-refractivity contribution in [3.05, 3.63) is 57.4 Å². The summed E-state index contributed by atoms with van der Waals surface area (Å²) in [6, 6.07) is 4.70. The molecule has 8 heteroatoms. The average Bonchev–Trinajstić information content (AvgIpc) is 2.89. The second-order valence-corrected chi connectivity index (χ2v) is 5.12. The fourth-order valence-electron chi connectivity index (χ4n) is 2.09. The third kappa shape index (κ3) is 3.97. The Bertz CT molecular complexity index is 795. The zero-order valence-electron chi connectivity index (χ0n) is 13.6. The van der Waals surface area contributed by atoms with E-state index < -0.39 is 10.9 Å². The van der Waals surface area contributed by atoms with Gasteiger partial charge in [0.05, 0.1) is 18.2 Å².